The molecule has 0 saturated heterocycles. The van der Waals surface area contributed by atoms with Crippen molar-refractivity contribution in [2.75, 3.05) is 11.9 Å². The molecule has 3 N–H and O–H groups in total. The van der Waals surface area contributed by atoms with E-state index in [-0.39, 0.29) is 12.3 Å². The molecular formula is C13H19N3O4. The van der Waals surface area contributed by atoms with Crippen molar-refractivity contribution < 1.29 is 14.5 Å². The number of carbonyl (C=O) groups is 1. The second-order valence-electron chi connectivity index (χ2n) is 4.58. The van der Waals surface area contributed by atoms with Gasteiger partial charge in [-0.25, -0.2) is 4.79 Å². The maximum atomic E-state index is 11.6. The number of nitrogens with two attached hydrogens (primary N) is 1. The summed E-state index contributed by atoms with van der Waals surface area (Å²) in [5.41, 5.74) is 5.67. The van der Waals surface area contributed by atoms with Crippen LogP contribution in [0.15, 0.2) is 24.3 Å². The van der Waals surface area contributed by atoms with Gasteiger partial charge in [0.25, 0.3) is 5.69 Å². The van der Waals surface area contributed by atoms with E-state index in [1.165, 1.54) is 18.2 Å². The van der Waals surface area contributed by atoms with Crippen molar-refractivity contribution in [1.82, 2.24) is 0 Å². The van der Waals surface area contributed by atoms with Crippen molar-refractivity contribution in [2.45, 2.75) is 32.2 Å². The molecule has 0 aliphatic heterocycles. The number of nitrogens with zero attached hydrogens (tertiary/aromatic N) is 1. The molecule has 1 rings (SSSR count). The molecule has 1 amide bonds. The van der Waals surface area contributed by atoms with Crippen LogP contribution in [-0.2, 0) is 4.74 Å². The lowest BCUT2D eigenvalue weighted by Gasteiger charge is -2.25. The summed E-state index contributed by atoms with van der Waals surface area (Å²) in [6.07, 6.45) is 0.698. The van der Waals surface area contributed by atoms with Crippen LogP contribution < -0.4 is 11.1 Å². The number of hydrogen-bond acceptors (Lipinski definition) is 5. The van der Waals surface area contributed by atoms with Crippen LogP contribution in [0.4, 0.5) is 16.2 Å². The highest BCUT2D eigenvalue weighted by Crippen LogP contribution is 2.17. The van der Waals surface area contributed by atoms with Gasteiger partial charge in [-0.15, -0.1) is 0 Å². The molecule has 0 bridgehead atoms. The largest absolute Gasteiger partial charge is 0.447 e. The summed E-state index contributed by atoms with van der Waals surface area (Å²) in [7, 11) is 0. The Morgan fingerprint density at radius 3 is 2.65 bits per heavy atom. The van der Waals surface area contributed by atoms with Gasteiger partial charge in [0.05, 0.1) is 10.6 Å². The molecule has 0 spiro atoms. The Morgan fingerprint density at radius 1 is 1.45 bits per heavy atom. The van der Waals surface area contributed by atoms with E-state index in [1.807, 2.05) is 13.8 Å². The number of non-ortho nitro benzene ring substituents is 1. The summed E-state index contributed by atoms with van der Waals surface area (Å²) in [4.78, 5) is 21.7. The van der Waals surface area contributed by atoms with Crippen LogP contribution in [0.5, 0.6) is 0 Å². The molecule has 110 valence electrons. The van der Waals surface area contributed by atoms with Crippen LogP contribution >= 0.6 is 0 Å². The van der Waals surface area contributed by atoms with Crippen molar-refractivity contribution in [2.24, 2.45) is 5.73 Å². The average Bonchev–Trinajstić information content (AvgIpc) is 2.45. The van der Waals surface area contributed by atoms with E-state index >= 15 is 0 Å². The van der Waals surface area contributed by atoms with Gasteiger partial charge in [0.15, 0.2) is 0 Å². The lowest BCUT2D eigenvalue weighted by molar-refractivity contribution is -0.384. The van der Waals surface area contributed by atoms with E-state index in [9.17, 15) is 14.9 Å². The summed E-state index contributed by atoms with van der Waals surface area (Å²) in [5.74, 6) is 0. The number of benzene rings is 1. The third kappa shape index (κ3) is 4.51. The minimum atomic E-state index is -0.678. The van der Waals surface area contributed by atoms with E-state index in [1.54, 1.807) is 6.07 Å². The minimum absolute atomic E-state index is 0.0980. The summed E-state index contributed by atoms with van der Waals surface area (Å²) < 4.78 is 5.05. The first-order valence-electron chi connectivity index (χ1n) is 6.37. The fourth-order valence-electron chi connectivity index (χ4n) is 1.51. The van der Waals surface area contributed by atoms with E-state index in [0.717, 1.165) is 0 Å². The lowest BCUT2D eigenvalue weighted by Crippen LogP contribution is -2.44. The van der Waals surface area contributed by atoms with Crippen LogP contribution in [0, 0.1) is 10.1 Å². The molecule has 1 aromatic rings. The number of amides is 1. The first-order valence-corrected chi connectivity index (χ1v) is 6.37. The third-order valence-electron chi connectivity index (χ3n) is 3.20. The highest BCUT2D eigenvalue weighted by Gasteiger charge is 2.22. The van der Waals surface area contributed by atoms with Gasteiger partial charge in [-0.3, -0.25) is 15.4 Å². The monoisotopic (exact) mass is 281 g/mol. The molecule has 0 saturated carbocycles. The molecule has 0 aromatic heterocycles. The topological polar surface area (TPSA) is 107 Å². The quantitative estimate of drug-likeness (QED) is 0.615. The predicted octanol–water partition coefficient (Wildman–Crippen LogP) is 2.66. The fraction of sp³-hybridized carbons (Fsp3) is 0.462. The number of nitro groups is 1. The Kier molecular flexibility index (Phi) is 5.45. The van der Waals surface area contributed by atoms with Gasteiger partial charge in [-0.05, 0) is 18.9 Å². The van der Waals surface area contributed by atoms with E-state index in [2.05, 4.69) is 5.32 Å². The maximum absolute atomic E-state index is 11.6. The maximum Gasteiger partial charge on any atom is 0.411 e. The molecule has 0 radical (unpaired) electrons. The molecule has 1 aromatic carbocycles. The number of anilines is 1. The second-order valence-corrected chi connectivity index (χ2v) is 4.58. The number of nitro benzene ring substituents is 1. The Morgan fingerprint density at radius 2 is 2.10 bits per heavy atom. The molecular weight excluding hydrogens is 262 g/mol. The van der Waals surface area contributed by atoms with Gasteiger partial charge in [0.2, 0.25) is 0 Å². The van der Waals surface area contributed by atoms with Crippen molar-refractivity contribution in [3.05, 3.63) is 34.4 Å². The van der Waals surface area contributed by atoms with Crippen molar-refractivity contribution in [1.29, 1.82) is 0 Å². The average molecular weight is 281 g/mol. The van der Waals surface area contributed by atoms with E-state index in [0.29, 0.717) is 18.5 Å². The molecule has 20 heavy (non-hydrogen) atoms. The molecule has 0 aliphatic rings. The third-order valence-corrected chi connectivity index (χ3v) is 3.20. The van der Waals surface area contributed by atoms with Crippen LogP contribution in [0.25, 0.3) is 0 Å². The van der Waals surface area contributed by atoms with Crippen LogP contribution in [0.1, 0.15) is 26.7 Å². The van der Waals surface area contributed by atoms with Crippen molar-refractivity contribution >= 4 is 17.5 Å². The standard InChI is InChI=1S/C13H19N3O4/c1-3-13(14,4-2)9-20-12(17)15-10-6-5-7-11(8-10)16(18)19/h5-8H,3-4,9,14H2,1-2H3,(H,15,17). The Balaban J connectivity index is 2.59. The first-order chi connectivity index (χ1) is 9.40. The molecule has 0 heterocycles. The molecule has 7 nitrogen and oxygen atoms in total. The zero-order chi connectivity index (χ0) is 15.2. The van der Waals surface area contributed by atoms with Crippen LogP contribution in [-0.4, -0.2) is 23.2 Å². The van der Waals surface area contributed by atoms with E-state index < -0.39 is 16.6 Å². The van der Waals surface area contributed by atoms with E-state index in [4.69, 9.17) is 10.5 Å². The van der Waals surface area contributed by atoms with Gasteiger partial charge >= 0.3 is 6.09 Å². The summed E-state index contributed by atoms with van der Waals surface area (Å²) in [6, 6.07) is 5.63. The van der Waals surface area contributed by atoms with Crippen molar-refractivity contribution in [3.8, 4) is 0 Å². The summed E-state index contributed by atoms with van der Waals surface area (Å²) >= 11 is 0. The molecule has 0 unspecified atom stereocenters. The van der Waals surface area contributed by atoms with Crippen LogP contribution in [0.3, 0.4) is 0 Å². The molecule has 0 aliphatic carbocycles. The zero-order valence-corrected chi connectivity index (χ0v) is 11.6. The minimum Gasteiger partial charge on any atom is -0.447 e. The fourth-order valence-corrected chi connectivity index (χ4v) is 1.51. The Bertz CT molecular complexity index is 486. The number of nitrogens with one attached hydrogen (secondary N) is 1. The van der Waals surface area contributed by atoms with Gasteiger partial charge in [-0.2, -0.15) is 0 Å². The zero-order valence-electron chi connectivity index (χ0n) is 11.6. The predicted molar refractivity (Wildman–Crippen MR) is 75.6 cm³/mol. The summed E-state index contributed by atoms with van der Waals surface area (Å²) in [5, 5.41) is 13.1. The SMILES string of the molecule is CCC(N)(CC)COC(=O)Nc1cccc([N+](=O)[O-])c1. The van der Waals surface area contributed by atoms with Gasteiger partial charge in [0, 0.05) is 17.7 Å². The highest BCUT2D eigenvalue weighted by molar-refractivity contribution is 5.85. The van der Waals surface area contributed by atoms with Crippen molar-refractivity contribution in [3.63, 3.8) is 0 Å². The Hall–Kier alpha value is -2.15. The van der Waals surface area contributed by atoms with Gasteiger partial charge < -0.3 is 10.5 Å². The molecule has 7 heteroatoms. The smallest absolute Gasteiger partial charge is 0.411 e. The van der Waals surface area contributed by atoms with Gasteiger partial charge in [0.1, 0.15) is 6.61 Å². The lowest BCUT2D eigenvalue weighted by atomic mass is 9.96. The molecule has 0 atom stereocenters. The first kappa shape index (κ1) is 15.9. The normalized spacial score (nSPS) is 10.9. The Labute approximate surface area is 117 Å². The number of carbonyl (C=O) groups excluding carboxylic acids is 1. The highest BCUT2D eigenvalue weighted by atomic mass is 16.6. The number of ether oxygens (including phenoxy) is 1. The number of hydrogen-bond donors (Lipinski definition) is 2. The summed E-state index contributed by atoms with van der Waals surface area (Å²) in [6.45, 7) is 3.94. The molecule has 0 fully saturated rings. The number of rotatable bonds is 6. The van der Waals surface area contributed by atoms with Gasteiger partial charge in [-0.1, -0.05) is 19.9 Å². The second kappa shape index (κ2) is 6.85. The van der Waals surface area contributed by atoms with Crippen LogP contribution in [0.2, 0.25) is 0 Å².